The van der Waals surface area contributed by atoms with Crippen LogP contribution in [0, 0.1) is 6.92 Å². The van der Waals surface area contributed by atoms with Gasteiger partial charge in [-0.25, -0.2) is 0 Å². The zero-order valence-corrected chi connectivity index (χ0v) is 19.9. The fourth-order valence-corrected chi connectivity index (χ4v) is 4.72. The second kappa shape index (κ2) is 10.4. The molecule has 2 aromatic carbocycles. The van der Waals surface area contributed by atoms with Crippen molar-refractivity contribution >= 4 is 17.7 Å². The minimum Gasteiger partial charge on any atom is -0.467 e. The number of hydrogen-bond donors (Lipinski definition) is 1. The predicted molar refractivity (Wildman–Crippen MR) is 135 cm³/mol. The lowest BCUT2D eigenvalue weighted by atomic mass is 10.1. The molecule has 0 radical (unpaired) electrons. The molecule has 1 N–H and O–H groups in total. The molecule has 3 heterocycles. The van der Waals surface area contributed by atoms with Gasteiger partial charge in [0.15, 0.2) is 11.0 Å². The first kappa shape index (κ1) is 22.6. The van der Waals surface area contributed by atoms with Crippen molar-refractivity contribution in [3.8, 4) is 17.1 Å². The molecule has 8 heteroatoms. The first-order chi connectivity index (χ1) is 17.2. The summed E-state index contributed by atoms with van der Waals surface area (Å²) in [5.41, 5.74) is 4.60. The molecule has 3 aromatic heterocycles. The van der Waals surface area contributed by atoms with E-state index in [0.29, 0.717) is 23.6 Å². The van der Waals surface area contributed by atoms with Crippen LogP contribution in [0.3, 0.4) is 0 Å². The van der Waals surface area contributed by atoms with Crippen LogP contribution in [0.4, 0.5) is 0 Å². The Balaban J connectivity index is 1.42. The van der Waals surface area contributed by atoms with Gasteiger partial charge in [0.25, 0.3) is 5.91 Å². The molecule has 0 bridgehead atoms. The molecule has 7 nitrogen and oxygen atoms in total. The van der Waals surface area contributed by atoms with E-state index in [1.54, 1.807) is 36.5 Å². The summed E-state index contributed by atoms with van der Waals surface area (Å²) in [5, 5.41) is 12.7. The molecule has 174 valence electrons. The van der Waals surface area contributed by atoms with Crippen LogP contribution in [-0.4, -0.2) is 25.7 Å². The van der Waals surface area contributed by atoms with Gasteiger partial charge in [-0.2, -0.15) is 0 Å². The first-order valence-electron chi connectivity index (χ1n) is 11.1. The molecule has 5 aromatic rings. The van der Waals surface area contributed by atoms with E-state index in [2.05, 4.69) is 44.1 Å². The number of benzene rings is 2. The standard InChI is InChI=1S/C27H23N5O2S/c1-19-7-2-5-11-24(19)32-25(20-12-14-28-15-13-20)30-31-27(32)35-18-21-8-3-4-10-23(21)26(33)29-17-22-9-6-16-34-22/h2-16H,17-18H2,1H3,(H,29,33). The van der Waals surface area contributed by atoms with E-state index >= 15 is 0 Å². The number of thioether (sulfide) groups is 1. The molecule has 1 amide bonds. The molecule has 0 aliphatic rings. The maximum Gasteiger partial charge on any atom is 0.251 e. The van der Waals surface area contributed by atoms with Gasteiger partial charge in [0.1, 0.15) is 5.76 Å². The quantitative estimate of drug-likeness (QED) is 0.297. The summed E-state index contributed by atoms with van der Waals surface area (Å²) in [4.78, 5) is 17.0. The minimum atomic E-state index is -0.143. The van der Waals surface area contributed by atoms with Crippen LogP contribution in [0.5, 0.6) is 0 Å². The summed E-state index contributed by atoms with van der Waals surface area (Å²) in [6.07, 6.45) is 5.09. The zero-order chi connectivity index (χ0) is 24.0. The average molecular weight is 482 g/mol. The highest BCUT2D eigenvalue weighted by molar-refractivity contribution is 7.98. The lowest BCUT2D eigenvalue weighted by molar-refractivity contribution is 0.0947. The Morgan fingerprint density at radius 1 is 0.971 bits per heavy atom. The van der Waals surface area contributed by atoms with E-state index in [1.165, 1.54) is 0 Å². The number of nitrogens with zero attached hydrogens (tertiary/aromatic N) is 4. The Labute approximate surface area is 207 Å². The van der Waals surface area contributed by atoms with E-state index in [4.69, 9.17) is 4.42 Å². The van der Waals surface area contributed by atoms with Gasteiger partial charge in [-0.1, -0.05) is 48.2 Å². The second-order valence-electron chi connectivity index (χ2n) is 7.87. The van der Waals surface area contributed by atoms with Crippen LogP contribution in [0.2, 0.25) is 0 Å². The Bertz CT molecular complexity index is 1430. The van der Waals surface area contributed by atoms with Crippen molar-refractivity contribution in [2.45, 2.75) is 24.4 Å². The monoisotopic (exact) mass is 481 g/mol. The fraction of sp³-hybridized carbons (Fsp3) is 0.111. The number of carbonyl (C=O) groups is 1. The lowest BCUT2D eigenvalue weighted by Gasteiger charge is -2.13. The number of aromatic nitrogens is 4. The maximum atomic E-state index is 12.9. The summed E-state index contributed by atoms with van der Waals surface area (Å²) in [7, 11) is 0. The Hall–Kier alpha value is -4.17. The molecule has 0 aliphatic carbocycles. The number of furan rings is 1. The van der Waals surface area contributed by atoms with Crippen LogP contribution in [0.1, 0.15) is 27.2 Å². The molecule has 0 atom stereocenters. The van der Waals surface area contributed by atoms with Crippen molar-refractivity contribution in [3.63, 3.8) is 0 Å². The van der Waals surface area contributed by atoms with Gasteiger partial charge in [0.2, 0.25) is 0 Å². The van der Waals surface area contributed by atoms with Crippen LogP contribution < -0.4 is 5.32 Å². The SMILES string of the molecule is Cc1ccccc1-n1c(SCc2ccccc2C(=O)NCc2ccco2)nnc1-c1ccncc1. The summed E-state index contributed by atoms with van der Waals surface area (Å²) in [6.45, 7) is 2.41. The topological polar surface area (TPSA) is 85.8 Å². The van der Waals surface area contributed by atoms with E-state index < -0.39 is 0 Å². The number of nitrogens with one attached hydrogen (secondary N) is 1. The third-order valence-corrected chi connectivity index (χ3v) is 6.53. The number of rotatable bonds is 8. The Morgan fingerprint density at radius 2 is 1.77 bits per heavy atom. The summed E-state index contributed by atoms with van der Waals surface area (Å²) >= 11 is 1.54. The Kier molecular flexibility index (Phi) is 6.72. The number of aryl methyl sites for hydroxylation is 1. The molecule has 35 heavy (non-hydrogen) atoms. The predicted octanol–water partition coefficient (Wildman–Crippen LogP) is 5.45. The summed E-state index contributed by atoms with van der Waals surface area (Å²) < 4.78 is 7.38. The third kappa shape index (κ3) is 5.02. The van der Waals surface area contributed by atoms with Gasteiger partial charge in [-0.15, -0.1) is 10.2 Å². The number of para-hydroxylation sites is 1. The van der Waals surface area contributed by atoms with Crippen LogP contribution in [0.15, 0.2) is 101 Å². The van der Waals surface area contributed by atoms with E-state index in [1.807, 2.05) is 54.6 Å². The van der Waals surface area contributed by atoms with E-state index in [-0.39, 0.29) is 5.91 Å². The van der Waals surface area contributed by atoms with Gasteiger partial charge >= 0.3 is 0 Å². The molecular formula is C27H23N5O2S. The van der Waals surface area contributed by atoms with E-state index in [9.17, 15) is 4.79 Å². The highest BCUT2D eigenvalue weighted by Gasteiger charge is 2.19. The van der Waals surface area contributed by atoms with Crippen molar-refractivity contribution in [2.75, 3.05) is 0 Å². The molecule has 0 aliphatic heterocycles. The number of hydrogen-bond acceptors (Lipinski definition) is 6. The molecule has 0 spiro atoms. The van der Waals surface area contributed by atoms with Crippen LogP contribution in [0.25, 0.3) is 17.1 Å². The fourth-order valence-electron chi connectivity index (χ4n) is 3.77. The lowest BCUT2D eigenvalue weighted by Crippen LogP contribution is -2.23. The van der Waals surface area contributed by atoms with Crippen LogP contribution >= 0.6 is 11.8 Å². The van der Waals surface area contributed by atoms with Crippen molar-refractivity contribution < 1.29 is 9.21 Å². The highest BCUT2D eigenvalue weighted by atomic mass is 32.2. The molecule has 0 saturated carbocycles. The molecule has 5 rings (SSSR count). The normalized spacial score (nSPS) is 10.9. The number of pyridine rings is 1. The van der Waals surface area contributed by atoms with Crippen molar-refractivity contribution in [2.24, 2.45) is 0 Å². The average Bonchev–Trinajstić information content (AvgIpc) is 3.57. The van der Waals surface area contributed by atoms with Crippen molar-refractivity contribution in [3.05, 3.63) is 114 Å². The van der Waals surface area contributed by atoms with Crippen LogP contribution in [-0.2, 0) is 12.3 Å². The number of carbonyl (C=O) groups excluding carboxylic acids is 1. The highest BCUT2D eigenvalue weighted by Crippen LogP contribution is 2.31. The smallest absolute Gasteiger partial charge is 0.251 e. The van der Waals surface area contributed by atoms with Crippen molar-refractivity contribution in [1.82, 2.24) is 25.1 Å². The number of amides is 1. The van der Waals surface area contributed by atoms with Gasteiger partial charge in [0.05, 0.1) is 18.5 Å². The third-order valence-electron chi connectivity index (χ3n) is 5.55. The van der Waals surface area contributed by atoms with Gasteiger partial charge in [-0.05, 0) is 54.4 Å². The summed E-state index contributed by atoms with van der Waals surface area (Å²) in [6, 6.07) is 23.2. The minimum absolute atomic E-state index is 0.143. The first-order valence-corrected chi connectivity index (χ1v) is 12.1. The van der Waals surface area contributed by atoms with Gasteiger partial charge in [0, 0.05) is 29.3 Å². The van der Waals surface area contributed by atoms with E-state index in [0.717, 1.165) is 33.4 Å². The maximum absolute atomic E-state index is 12.9. The van der Waals surface area contributed by atoms with Crippen molar-refractivity contribution in [1.29, 1.82) is 0 Å². The summed E-state index contributed by atoms with van der Waals surface area (Å²) in [5.74, 6) is 1.87. The Morgan fingerprint density at radius 3 is 2.57 bits per heavy atom. The molecule has 0 saturated heterocycles. The molecule has 0 fully saturated rings. The largest absolute Gasteiger partial charge is 0.467 e. The zero-order valence-electron chi connectivity index (χ0n) is 19.1. The van der Waals surface area contributed by atoms with Gasteiger partial charge < -0.3 is 9.73 Å². The molecular weight excluding hydrogens is 458 g/mol. The second-order valence-corrected chi connectivity index (χ2v) is 8.81. The van der Waals surface area contributed by atoms with Gasteiger partial charge in [-0.3, -0.25) is 14.3 Å². The molecule has 0 unspecified atom stereocenters.